The zero-order valence-electron chi connectivity index (χ0n) is 11.9. The van der Waals surface area contributed by atoms with Gasteiger partial charge in [-0.05, 0) is 29.9 Å². The van der Waals surface area contributed by atoms with Crippen LogP contribution in [0.25, 0.3) is 0 Å². The van der Waals surface area contributed by atoms with E-state index < -0.39 is 0 Å². The van der Waals surface area contributed by atoms with Crippen molar-refractivity contribution in [2.45, 2.75) is 39.2 Å². The molecule has 2 aliphatic rings. The molecule has 0 spiro atoms. The molecule has 2 aliphatic heterocycles. The van der Waals surface area contributed by atoms with Crippen molar-refractivity contribution in [1.82, 2.24) is 4.90 Å². The molecule has 19 heavy (non-hydrogen) atoms. The molecule has 2 atom stereocenters. The van der Waals surface area contributed by atoms with Crippen LogP contribution in [0.3, 0.4) is 0 Å². The number of fused-ring (bicyclic) bond motifs is 3. The van der Waals surface area contributed by atoms with Crippen LogP contribution >= 0.6 is 0 Å². The van der Waals surface area contributed by atoms with Gasteiger partial charge in [-0.2, -0.15) is 0 Å². The summed E-state index contributed by atoms with van der Waals surface area (Å²) in [6.45, 7) is 6.51. The van der Waals surface area contributed by atoms with Crippen LogP contribution in [0.2, 0.25) is 0 Å². The van der Waals surface area contributed by atoms with Crippen LogP contribution < -0.4 is 0 Å². The summed E-state index contributed by atoms with van der Waals surface area (Å²) in [6.07, 6.45) is 2.90. The number of carbonyl (C=O) groups is 1. The monoisotopic (exact) mass is 257 g/mol. The third-order valence-corrected chi connectivity index (χ3v) is 4.58. The fourth-order valence-corrected chi connectivity index (χ4v) is 3.68. The molecular weight excluding hydrogens is 234 g/mol. The normalized spacial score (nSPS) is 27.2. The second-order valence-corrected chi connectivity index (χ2v) is 6.46. The number of rotatable bonds is 2. The molecular formula is C17H23NO. The lowest BCUT2D eigenvalue weighted by Crippen LogP contribution is -2.46. The highest BCUT2D eigenvalue weighted by Gasteiger charge is 2.37. The molecule has 1 saturated heterocycles. The number of ketones is 1. The average Bonchev–Trinajstić information content (AvgIpc) is 2.39. The highest BCUT2D eigenvalue weighted by Crippen LogP contribution is 2.37. The number of Topliss-reactive ketones (excluding diaryl/α,β-unsaturated/α-hetero) is 1. The second-order valence-electron chi connectivity index (χ2n) is 6.46. The Kier molecular flexibility index (Phi) is 3.44. The summed E-state index contributed by atoms with van der Waals surface area (Å²) in [6, 6.07) is 8.99. The molecule has 2 nitrogen and oxygen atoms in total. The molecule has 1 aromatic rings. The van der Waals surface area contributed by atoms with Crippen molar-refractivity contribution in [3.05, 3.63) is 35.4 Å². The lowest BCUT2D eigenvalue weighted by atomic mass is 9.80. The summed E-state index contributed by atoms with van der Waals surface area (Å²) in [5.41, 5.74) is 2.84. The van der Waals surface area contributed by atoms with E-state index in [2.05, 4.69) is 43.0 Å². The Bertz CT molecular complexity index is 480. The van der Waals surface area contributed by atoms with Crippen LogP contribution in [-0.4, -0.2) is 23.8 Å². The lowest BCUT2D eigenvalue weighted by molar-refractivity contribution is -0.129. The molecule has 2 unspecified atom stereocenters. The van der Waals surface area contributed by atoms with E-state index in [0.29, 0.717) is 24.2 Å². The van der Waals surface area contributed by atoms with Crippen LogP contribution in [0.1, 0.15) is 43.9 Å². The summed E-state index contributed by atoms with van der Waals surface area (Å²) in [4.78, 5) is 14.9. The van der Waals surface area contributed by atoms with E-state index >= 15 is 0 Å². The molecule has 0 aromatic heterocycles. The molecule has 0 aliphatic carbocycles. The summed E-state index contributed by atoms with van der Waals surface area (Å²) in [5.74, 6) is 1.36. The van der Waals surface area contributed by atoms with Gasteiger partial charge in [0.15, 0.2) is 0 Å². The van der Waals surface area contributed by atoms with Gasteiger partial charge in [0.2, 0.25) is 0 Å². The quantitative estimate of drug-likeness (QED) is 0.811. The minimum absolute atomic E-state index is 0.265. The minimum atomic E-state index is 0.265. The summed E-state index contributed by atoms with van der Waals surface area (Å²) < 4.78 is 0. The number of nitrogens with zero attached hydrogens (tertiary/aromatic N) is 1. The Labute approximate surface area is 115 Å². The maximum atomic E-state index is 12.4. The first-order chi connectivity index (χ1) is 9.15. The number of hydrogen-bond donors (Lipinski definition) is 0. The molecule has 2 heterocycles. The topological polar surface area (TPSA) is 20.3 Å². The molecule has 0 amide bonds. The first-order valence-electron chi connectivity index (χ1n) is 7.49. The number of hydrogen-bond acceptors (Lipinski definition) is 2. The number of piperidine rings is 1. The van der Waals surface area contributed by atoms with Gasteiger partial charge in [-0.3, -0.25) is 9.69 Å². The van der Waals surface area contributed by atoms with Crippen molar-refractivity contribution in [2.75, 3.05) is 13.1 Å². The van der Waals surface area contributed by atoms with Crippen molar-refractivity contribution >= 4 is 5.78 Å². The van der Waals surface area contributed by atoms with E-state index in [-0.39, 0.29) is 5.92 Å². The first-order valence-corrected chi connectivity index (χ1v) is 7.49. The summed E-state index contributed by atoms with van der Waals surface area (Å²) >= 11 is 0. The van der Waals surface area contributed by atoms with E-state index in [4.69, 9.17) is 0 Å². The van der Waals surface area contributed by atoms with E-state index in [1.165, 1.54) is 11.1 Å². The SMILES string of the molecule is CC(C)CC1CN2CCc3ccccc3C2CC1=O. The fourth-order valence-electron chi connectivity index (χ4n) is 3.68. The number of benzene rings is 1. The smallest absolute Gasteiger partial charge is 0.139 e. The van der Waals surface area contributed by atoms with Crippen LogP contribution in [0.5, 0.6) is 0 Å². The predicted octanol–water partition coefficient (Wildman–Crippen LogP) is 3.22. The van der Waals surface area contributed by atoms with E-state index in [1.807, 2.05) is 0 Å². The minimum Gasteiger partial charge on any atom is -0.299 e. The largest absolute Gasteiger partial charge is 0.299 e. The van der Waals surface area contributed by atoms with Crippen molar-refractivity contribution < 1.29 is 4.79 Å². The molecule has 1 aromatic carbocycles. The average molecular weight is 257 g/mol. The van der Waals surface area contributed by atoms with Gasteiger partial charge < -0.3 is 0 Å². The Balaban J connectivity index is 1.82. The van der Waals surface area contributed by atoms with Gasteiger partial charge in [0.05, 0.1) is 0 Å². The molecule has 0 N–H and O–H groups in total. The molecule has 3 rings (SSSR count). The maximum absolute atomic E-state index is 12.4. The van der Waals surface area contributed by atoms with E-state index in [0.717, 1.165) is 25.9 Å². The molecule has 0 radical (unpaired) electrons. The van der Waals surface area contributed by atoms with Crippen LogP contribution in [0.4, 0.5) is 0 Å². The van der Waals surface area contributed by atoms with E-state index in [9.17, 15) is 4.79 Å². The highest BCUT2D eigenvalue weighted by atomic mass is 16.1. The van der Waals surface area contributed by atoms with Crippen LogP contribution in [-0.2, 0) is 11.2 Å². The maximum Gasteiger partial charge on any atom is 0.139 e. The molecule has 0 bridgehead atoms. The zero-order chi connectivity index (χ0) is 13.4. The van der Waals surface area contributed by atoms with Gasteiger partial charge in [0.25, 0.3) is 0 Å². The van der Waals surface area contributed by atoms with Crippen LogP contribution in [0.15, 0.2) is 24.3 Å². The number of carbonyl (C=O) groups excluding carboxylic acids is 1. The first kappa shape index (κ1) is 12.9. The molecule has 1 fully saturated rings. The fraction of sp³-hybridized carbons (Fsp3) is 0.588. The van der Waals surface area contributed by atoms with E-state index in [1.54, 1.807) is 0 Å². The Morgan fingerprint density at radius 2 is 2.11 bits per heavy atom. The standard InChI is InChI=1S/C17H23NO/c1-12(2)9-14-11-18-8-7-13-5-3-4-6-15(13)16(18)10-17(14)19/h3-6,12,14,16H,7-11H2,1-2H3. The van der Waals surface area contributed by atoms with Gasteiger partial charge in [-0.15, -0.1) is 0 Å². The third-order valence-electron chi connectivity index (χ3n) is 4.58. The lowest BCUT2D eigenvalue weighted by Gasteiger charge is -2.43. The second kappa shape index (κ2) is 5.09. The predicted molar refractivity (Wildman–Crippen MR) is 77.0 cm³/mol. The van der Waals surface area contributed by atoms with Gasteiger partial charge in [-0.1, -0.05) is 38.1 Å². The summed E-state index contributed by atoms with van der Waals surface area (Å²) in [5, 5.41) is 0. The van der Waals surface area contributed by atoms with Gasteiger partial charge in [0.1, 0.15) is 5.78 Å². The van der Waals surface area contributed by atoms with Gasteiger partial charge in [-0.25, -0.2) is 0 Å². The Morgan fingerprint density at radius 3 is 2.89 bits per heavy atom. The summed E-state index contributed by atoms with van der Waals surface area (Å²) in [7, 11) is 0. The van der Waals surface area contributed by atoms with Crippen molar-refractivity contribution in [1.29, 1.82) is 0 Å². The van der Waals surface area contributed by atoms with Crippen molar-refractivity contribution in [3.63, 3.8) is 0 Å². The van der Waals surface area contributed by atoms with Crippen molar-refractivity contribution in [2.24, 2.45) is 11.8 Å². The highest BCUT2D eigenvalue weighted by molar-refractivity contribution is 5.83. The zero-order valence-corrected chi connectivity index (χ0v) is 11.9. The molecule has 0 saturated carbocycles. The van der Waals surface area contributed by atoms with Crippen LogP contribution in [0, 0.1) is 11.8 Å². The Morgan fingerprint density at radius 1 is 1.32 bits per heavy atom. The molecule has 102 valence electrons. The third kappa shape index (κ3) is 2.46. The molecule has 2 heteroatoms. The van der Waals surface area contributed by atoms with Gasteiger partial charge in [0, 0.05) is 31.5 Å². The van der Waals surface area contributed by atoms with Crippen molar-refractivity contribution in [3.8, 4) is 0 Å². The van der Waals surface area contributed by atoms with Gasteiger partial charge >= 0.3 is 0 Å². The Hall–Kier alpha value is -1.15.